The Morgan fingerprint density at radius 3 is 2.47 bits per heavy atom. The maximum Gasteiger partial charge on any atom is 0.0883 e. The van der Waals surface area contributed by atoms with Gasteiger partial charge in [-0.15, -0.1) is 0 Å². The van der Waals surface area contributed by atoms with E-state index in [1.807, 2.05) is 12.2 Å². The van der Waals surface area contributed by atoms with Crippen LogP contribution in [0.2, 0.25) is 0 Å². The van der Waals surface area contributed by atoms with Crippen LogP contribution in [0, 0.1) is 0 Å². The van der Waals surface area contributed by atoms with Crippen LogP contribution >= 0.6 is 0 Å². The van der Waals surface area contributed by atoms with E-state index in [0.717, 1.165) is 44.5 Å². The van der Waals surface area contributed by atoms with Gasteiger partial charge in [0.1, 0.15) is 0 Å². The van der Waals surface area contributed by atoms with E-state index in [1.54, 1.807) is 0 Å². The van der Waals surface area contributed by atoms with Gasteiger partial charge in [0.25, 0.3) is 0 Å². The molecule has 0 aromatic rings. The summed E-state index contributed by atoms with van der Waals surface area (Å²) in [5.41, 5.74) is 1.16. The molecule has 0 saturated carbocycles. The van der Waals surface area contributed by atoms with Crippen molar-refractivity contribution < 1.29 is 5.11 Å². The average molecular weight is 209 g/mol. The molecule has 0 saturated heterocycles. The number of allylic oxidation sites excluding steroid dienone is 3. The van der Waals surface area contributed by atoms with Crippen LogP contribution in [0.5, 0.6) is 0 Å². The summed E-state index contributed by atoms with van der Waals surface area (Å²) in [6, 6.07) is 0. The summed E-state index contributed by atoms with van der Waals surface area (Å²) >= 11 is 0. The van der Waals surface area contributed by atoms with Crippen molar-refractivity contribution in [3.63, 3.8) is 0 Å². The SMILES string of the molecule is CCCN(CCC)CC(O)C1=CC=CC1. The minimum atomic E-state index is -0.280. The second kappa shape index (κ2) is 6.81. The lowest BCUT2D eigenvalue weighted by molar-refractivity contribution is 0.137. The molecule has 2 nitrogen and oxygen atoms in total. The Kier molecular flexibility index (Phi) is 5.66. The topological polar surface area (TPSA) is 23.5 Å². The van der Waals surface area contributed by atoms with Crippen LogP contribution in [0.25, 0.3) is 0 Å². The Morgan fingerprint density at radius 1 is 1.33 bits per heavy atom. The fourth-order valence-corrected chi connectivity index (χ4v) is 2.00. The van der Waals surface area contributed by atoms with E-state index in [9.17, 15) is 5.11 Å². The maximum atomic E-state index is 10.0. The number of hydrogen-bond acceptors (Lipinski definition) is 2. The first-order valence-electron chi connectivity index (χ1n) is 6.04. The van der Waals surface area contributed by atoms with E-state index in [-0.39, 0.29) is 6.10 Å². The van der Waals surface area contributed by atoms with E-state index in [0.29, 0.717) is 0 Å². The third-order valence-electron chi connectivity index (χ3n) is 2.74. The molecule has 0 aromatic carbocycles. The molecule has 15 heavy (non-hydrogen) atoms. The molecule has 0 heterocycles. The van der Waals surface area contributed by atoms with Crippen molar-refractivity contribution in [3.05, 3.63) is 23.8 Å². The van der Waals surface area contributed by atoms with Crippen molar-refractivity contribution >= 4 is 0 Å². The standard InChI is InChI=1S/C13H23NO/c1-3-9-14(10-4-2)11-13(15)12-7-5-6-8-12/h5-7,13,15H,3-4,8-11H2,1-2H3. The van der Waals surface area contributed by atoms with Crippen molar-refractivity contribution in [2.45, 2.75) is 39.2 Å². The molecule has 0 fully saturated rings. The summed E-state index contributed by atoms with van der Waals surface area (Å²) in [4.78, 5) is 2.35. The molecule has 2 heteroatoms. The van der Waals surface area contributed by atoms with Crippen molar-refractivity contribution in [3.8, 4) is 0 Å². The fourth-order valence-electron chi connectivity index (χ4n) is 2.00. The number of rotatable bonds is 7. The van der Waals surface area contributed by atoms with Gasteiger partial charge in [-0.05, 0) is 37.9 Å². The molecule has 0 amide bonds. The van der Waals surface area contributed by atoms with Gasteiger partial charge in [-0.1, -0.05) is 32.1 Å². The van der Waals surface area contributed by atoms with E-state index < -0.39 is 0 Å². The van der Waals surface area contributed by atoms with Crippen LogP contribution in [0.4, 0.5) is 0 Å². The number of hydrogen-bond donors (Lipinski definition) is 1. The van der Waals surface area contributed by atoms with Gasteiger partial charge in [0.2, 0.25) is 0 Å². The zero-order valence-corrected chi connectivity index (χ0v) is 9.95. The third-order valence-corrected chi connectivity index (χ3v) is 2.74. The summed E-state index contributed by atoms with van der Waals surface area (Å²) in [5.74, 6) is 0. The van der Waals surface area contributed by atoms with Gasteiger partial charge in [0.15, 0.2) is 0 Å². The Balaban J connectivity index is 2.35. The zero-order valence-electron chi connectivity index (χ0n) is 9.95. The first-order valence-corrected chi connectivity index (χ1v) is 6.04. The molecule has 1 atom stereocenters. The highest BCUT2D eigenvalue weighted by Crippen LogP contribution is 2.15. The third kappa shape index (κ3) is 4.18. The molecule has 0 spiro atoms. The van der Waals surface area contributed by atoms with E-state index >= 15 is 0 Å². The lowest BCUT2D eigenvalue weighted by Crippen LogP contribution is -2.34. The molecular formula is C13H23NO. The molecular weight excluding hydrogens is 186 g/mol. The molecule has 0 radical (unpaired) electrons. The minimum absolute atomic E-state index is 0.280. The lowest BCUT2D eigenvalue weighted by atomic mass is 10.1. The minimum Gasteiger partial charge on any atom is -0.387 e. The predicted octanol–water partition coefficient (Wildman–Crippen LogP) is 2.36. The maximum absolute atomic E-state index is 10.0. The Labute approximate surface area is 93.3 Å². The normalized spacial score (nSPS) is 17.2. The van der Waals surface area contributed by atoms with Crippen molar-refractivity contribution in [2.75, 3.05) is 19.6 Å². The zero-order chi connectivity index (χ0) is 11.1. The summed E-state index contributed by atoms with van der Waals surface area (Å²) in [7, 11) is 0. The quantitative estimate of drug-likeness (QED) is 0.696. The van der Waals surface area contributed by atoms with Gasteiger partial charge in [-0.3, -0.25) is 0 Å². The highest BCUT2D eigenvalue weighted by molar-refractivity contribution is 5.26. The monoisotopic (exact) mass is 209 g/mol. The van der Waals surface area contributed by atoms with Gasteiger partial charge in [0, 0.05) is 6.54 Å². The number of aliphatic hydroxyl groups excluding tert-OH is 1. The molecule has 1 rings (SSSR count). The first-order chi connectivity index (χ1) is 7.27. The Bertz CT molecular complexity index is 227. The average Bonchev–Trinajstić information content (AvgIpc) is 2.71. The molecule has 1 unspecified atom stereocenters. The molecule has 0 aromatic heterocycles. The van der Waals surface area contributed by atoms with Crippen LogP contribution in [-0.4, -0.2) is 35.7 Å². The van der Waals surface area contributed by atoms with Gasteiger partial charge < -0.3 is 10.0 Å². The Hall–Kier alpha value is -0.600. The van der Waals surface area contributed by atoms with Gasteiger partial charge >= 0.3 is 0 Å². The summed E-state index contributed by atoms with van der Waals surface area (Å²) in [5, 5.41) is 10.0. The van der Waals surface area contributed by atoms with Crippen molar-refractivity contribution in [2.24, 2.45) is 0 Å². The smallest absolute Gasteiger partial charge is 0.0883 e. The Morgan fingerprint density at radius 2 is 2.00 bits per heavy atom. The summed E-state index contributed by atoms with van der Waals surface area (Å²) < 4.78 is 0. The molecule has 1 aliphatic rings. The number of aliphatic hydroxyl groups is 1. The number of nitrogens with zero attached hydrogens (tertiary/aromatic N) is 1. The molecule has 0 bridgehead atoms. The highest BCUT2D eigenvalue weighted by atomic mass is 16.3. The lowest BCUT2D eigenvalue weighted by Gasteiger charge is -2.24. The molecule has 0 aliphatic heterocycles. The second-order valence-corrected chi connectivity index (χ2v) is 4.19. The summed E-state index contributed by atoms with van der Waals surface area (Å²) in [6.45, 7) is 7.34. The molecule has 86 valence electrons. The highest BCUT2D eigenvalue weighted by Gasteiger charge is 2.15. The van der Waals surface area contributed by atoms with E-state index in [4.69, 9.17) is 0 Å². The fraction of sp³-hybridized carbons (Fsp3) is 0.692. The first kappa shape index (κ1) is 12.5. The van der Waals surface area contributed by atoms with Gasteiger partial charge in [0.05, 0.1) is 6.10 Å². The van der Waals surface area contributed by atoms with Crippen molar-refractivity contribution in [1.29, 1.82) is 0 Å². The van der Waals surface area contributed by atoms with Gasteiger partial charge in [-0.25, -0.2) is 0 Å². The van der Waals surface area contributed by atoms with Crippen LogP contribution in [-0.2, 0) is 0 Å². The predicted molar refractivity (Wildman–Crippen MR) is 64.9 cm³/mol. The van der Waals surface area contributed by atoms with Crippen molar-refractivity contribution in [1.82, 2.24) is 4.90 Å². The van der Waals surface area contributed by atoms with E-state index in [2.05, 4.69) is 24.8 Å². The van der Waals surface area contributed by atoms with E-state index in [1.165, 1.54) is 0 Å². The van der Waals surface area contributed by atoms with Gasteiger partial charge in [-0.2, -0.15) is 0 Å². The van der Waals surface area contributed by atoms with Crippen LogP contribution in [0.3, 0.4) is 0 Å². The van der Waals surface area contributed by atoms with Crippen LogP contribution < -0.4 is 0 Å². The molecule has 1 aliphatic carbocycles. The molecule has 1 N–H and O–H groups in total. The largest absolute Gasteiger partial charge is 0.387 e. The summed E-state index contributed by atoms with van der Waals surface area (Å²) in [6.07, 6.45) is 9.13. The van der Waals surface area contributed by atoms with Crippen LogP contribution in [0.15, 0.2) is 23.8 Å². The van der Waals surface area contributed by atoms with Crippen LogP contribution in [0.1, 0.15) is 33.1 Å². The second-order valence-electron chi connectivity index (χ2n) is 4.19.